The Morgan fingerprint density at radius 1 is 0.941 bits per heavy atom. The van der Waals surface area contributed by atoms with Gasteiger partial charge >= 0.3 is 0 Å². The van der Waals surface area contributed by atoms with E-state index < -0.39 is 0 Å². The fourth-order valence-corrected chi connectivity index (χ4v) is 3.52. The molecule has 2 aromatic heterocycles. The Balaban J connectivity index is 0.00000324. The van der Waals surface area contributed by atoms with Crippen molar-refractivity contribution in [1.29, 1.82) is 5.26 Å². The summed E-state index contributed by atoms with van der Waals surface area (Å²) >= 11 is 0. The van der Waals surface area contributed by atoms with Crippen molar-refractivity contribution in [2.75, 3.05) is 0 Å². The van der Waals surface area contributed by atoms with Gasteiger partial charge in [0.1, 0.15) is 5.82 Å². The van der Waals surface area contributed by atoms with Crippen molar-refractivity contribution in [1.82, 2.24) is 20.3 Å². The normalized spacial score (nSPS) is 11.1. The number of hydrogen-bond donors (Lipinski definition) is 1. The van der Waals surface area contributed by atoms with Crippen LogP contribution in [-0.2, 0) is 0 Å². The number of amides is 1. The first kappa shape index (κ1) is 24.3. The van der Waals surface area contributed by atoms with Gasteiger partial charge in [0.15, 0.2) is 0 Å². The lowest BCUT2D eigenvalue weighted by Gasteiger charge is -2.16. The molecule has 0 aliphatic rings. The molecule has 0 aliphatic heterocycles. The molecular formula is C28H27N5O. The average Bonchev–Trinajstić information content (AvgIpc) is 2.84. The minimum atomic E-state index is -0.269. The molecule has 4 aromatic rings. The zero-order chi connectivity index (χ0) is 23.4. The monoisotopic (exact) mass is 449 g/mol. The van der Waals surface area contributed by atoms with E-state index in [9.17, 15) is 10.1 Å². The molecule has 170 valence electrons. The number of aromatic nitrogens is 3. The van der Waals surface area contributed by atoms with Gasteiger partial charge in [-0.2, -0.15) is 5.26 Å². The Morgan fingerprint density at radius 3 is 2.32 bits per heavy atom. The number of carbonyl (C=O) groups excluding carboxylic acids is 1. The number of nitriles is 1. The average molecular weight is 450 g/mol. The molecule has 6 nitrogen and oxygen atoms in total. The maximum atomic E-state index is 13.2. The van der Waals surface area contributed by atoms with Gasteiger partial charge < -0.3 is 5.32 Å². The molecule has 6 heteroatoms. The van der Waals surface area contributed by atoms with Gasteiger partial charge in [-0.3, -0.25) is 9.78 Å². The van der Waals surface area contributed by atoms with Gasteiger partial charge in [0, 0.05) is 35.3 Å². The summed E-state index contributed by atoms with van der Waals surface area (Å²) in [5.41, 5.74) is 6.01. The standard InChI is InChI=1S/C27H23N5O.CH4/c1-17-8-9-26(31-14-17)22-10-21(25-7-5-4-6-20(25)13-28)11-23(12-22)27(33)32-18(2)24-15-29-19(3)30-16-24;/h4-12,14-16,18H,1-3H3,(H,32,33);1H4/t18-;/m1./s1. The molecule has 1 amide bonds. The minimum Gasteiger partial charge on any atom is -0.345 e. The lowest BCUT2D eigenvalue weighted by Crippen LogP contribution is -2.27. The van der Waals surface area contributed by atoms with E-state index in [1.54, 1.807) is 24.7 Å². The molecule has 0 saturated carbocycles. The first-order valence-corrected chi connectivity index (χ1v) is 10.6. The molecule has 1 atom stereocenters. The number of benzene rings is 2. The summed E-state index contributed by atoms with van der Waals surface area (Å²) in [6.07, 6.45) is 5.23. The first-order valence-electron chi connectivity index (χ1n) is 10.6. The van der Waals surface area contributed by atoms with Crippen molar-refractivity contribution >= 4 is 5.91 Å². The van der Waals surface area contributed by atoms with Crippen LogP contribution in [0.15, 0.2) is 73.2 Å². The second-order valence-corrected chi connectivity index (χ2v) is 7.94. The second kappa shape index (κ2) is 10.5. The fraction of sp³-hybridized carbons (Fsp3) is 0.179. The summed E-state index contributed by atoms with van der Waals surface area (Å²) in [7, 11) is 0. The van der Waals surface area contributed by atoms with Crippen LogP contribution in [0.25, 0.3) is 22.4 Å². The summed E-state index contributed by atoms with van der Waals surface area (Å²) < 4.78 is 0. The highest BCUT2D eigenvalue weighted by molar-refractivity contribution is 5.97. The van der Waals surface area contributed by atoms with Crippen LogP contribution < -0.4 is 5.32 Å². The van der Waals surface area contributed by atoms with Crippen LogP contribution in [-0.4, -0.2) is 20.9 Å². The molecule has 0 bridgehead atoms. The SMILES string of the molecule is C.Cc1ccc(-c2cc(C(=O)N[C@H](C)c3cnc(C)nc3)cc(-c3ccccc3C#N)c2)nc1. The maximum Gasteiger partial charge on any atom is 0.251 e. The van der Waals surface area contributed by atoms with Gasteiger partial charge in [-0.1, -0.05) is 31.7 Å². The van der Waals surface area contributed by atoms with E-state index in [4.69, 9.17) is 0 Å². The van der Waals surface area contributed by atoms with Gasteiger partial charge in [0.05, 0.1) is 23.4 Å². The number of hydrogen-bond acceptors (Lipinski definition) is 5. The third-order valence-electron chi connectivity index (χ3n) is 5.41. The lowest BCUT2D eigenvalue weighted by molar-refractivity contribution is 0.0940. The lowest BCUT2D eigenvalue weighted by atomic mass is 9.95. The quantitative estimate of drug-likeness (QED) is 0.414. The number of pyridine rings is 1. The third-order valence-corrected chi connectivity index (χ3v) is 5.41. The van der Waals surface area contributed by atoms with Crippen LogP contribution in [0.1, 0.15) is 53.3 Å². The number of carbonyl (C=O) groups is 1. The van der Waals surface area contributed by atoms with E-state index in [1.165, 1.54) is 0 Å². The molecule has 4 rings (SSSR count). The fourth-order valence-electron chi connectivity index (χ4n) is 3.52. The van der Waals surface area contributed by atoms with E-state index >= 15 is 0 Å². The van der Waals surface area contributed by atoms with Crippen molar-refractivity contribution < 1.29 is 4.79 Å². The summed E-state index contributed by atoms with van der Waals surface area (Å²) in [6.45, 7) is 5.69. The summed E-state index contributed by atoms with van der Waals surface area (Å²) in [6, 6.07) is 18.8. The predicted molar refractivity (Wildman–Crippen MR) is 134 cm³/mol. The zero-order valence-electron chi connectivity index (χ0n) is 18.7. The van der Waals surface area contributed by atoms with Crippen LogP contribution in [0.2, 0.25) is 0 Å². The molecule has 0 spiro atoms. The van der Waals surface area contributed by atoms with Crippen LogP contribution in [0.4, 0.5) is 0 Å². The Hall–Kier alpha value is -4.37. The van der Waals surface area contributed by atoms with Gasteiger partial charge in [-0.25, -0.2) is 9.97 Å². The molecule has 2 aromatic carbocycles. The third kappa shape index (κ3) is 5.33. The maximum absolute atomic E-state index is 13.2. The van der Waals surface area contributed by atoms with Crippen LogP contribution in [0.5, 0.6) is 0 Å². The second-order valence-electron chi connectivity index (χ2n) is 7.94. The largest absolute Gasteiger partial charge is 0.345 e. The first-order chi connectivity index (χ1) is 15.9. The molecule has 0 aliphatic carbocycles. The summed E-state index contributed by atoms with van der Waals surface area (Å²) in [4.78, 5) is 26.2. The van der Waals surface area contributed by atoms with E-state index in [1.807, 2.05) is 69.3 Å². The smallest absolute Gasteiger partial charge is 0.251 e. The highest BCUT2D eigenvalue weighted by atomic mass is 16.1. The Labute approximate surface area is 200 Å². The van der Waals surface area contributed by atoms with Crippen LogP contribution in [0, 0.1) is 25.2 Å². The Kier molecular flexibility index (Phi) is 7.50. The van der Waals surface area contributed by atoms with Crippen molar-refractivity contribution in [2.45, 2.75) is 34.2 Å². The van der Waals surface area contributed by atoms with E-state index in [0.29, 0.717) is 17.0 Å². The molecular weight excluding hydrogens is 422 g/mol. The molecule has 0 saturated heterocycles. The molecule has 1 N–H and O–H groups in total. The van der Waals surface area contributed by atoms with Gasteiger partial charge in [0.25, 0.3) is 5.91 Å². The van der Waals surface area contributed by atoms with Gasteiger partial charge in [-0.05, 0) is 67.8 Å². The molecule has 0 fully saturated rings. The summed E-state index contributed by atoms with van der Waals surface area (Å²) in [5, 5.41) is 12.6. The number of aryl methyl sites for hydroxylation is 2. The highest BCUT2D eigenvalue weighted by Gasteiger charge is 2.16. The number of nitrogens with one attached hydrogen (secondary N) is 1. The van der Waals surface area contributed by atoms with E-state index in [0.717, 1.165) is 33.5 Å². The Bertz CT molecular complexity index is 1340. The molecule has 2 heterocycles. The van der Waals surface area contributed by atoms with Crippen molar-refractivity contribution in [3.05, 3.63) is 101 Å². The highest BCUT2D eigenvalue weighted by Crippen LogP contribution is 2.30. The van der Waals surface area contributed by atoms with E-state index in [2.05, 4.69) is 26.3 Å². The molecule has 34 heavy (non-hydrogen) atoms. The summed E-state index contributed by atoms with van der Waals surface area (Å²) in [5.74, 6) is 0.448. The zero-order valence-corrected chi connectivity index (χ0v) is 18.7. The van der Waals surface area contributed by atoms with Gasteiger partial charge in [-0.15, -0.1) is 0 Å². The Morgan fingerprint density at radius 2 is 1.65 bits per heavy atom. The number of rotatable bonds is 5. The van der Waals surface area contributed by atoms with Gasteiger partial charge in [0.2, 0.25) is 0 Å². The van der Waals surface area contributed by atoms with Crippen molar-refractivity contribution in [2.24, 2.45) is 0 Å². The minimum absolute atomic E-state index is 0. The molecule has 0 radical (unpaired) electrons. The van der Waals surface area contributed by atoms with Crippen LogP contribution >= 0.6 is 0 Å². The molecule has 0 unspecified atom stereocenters. The topological polar surface area (TPSA) is 91.6 Å². The van der Waals surface area contributed by atoms with Crippen LogP contribution in [0.3, 0.4) is 0 Å². The number of nitrogens with zero attached hydrogens (tertiary/aromatic N) is 4. The van der Waals surface area contributed by atoms with Crippen molar-refractivity contribution in [3.63, 3.8) is 0 Å². The van der Waals surface area contributed by atoms with E-state index in [-0.39, 0.29) is 19.4 Å². The van der Waals surface area contributed by atoms with Crippen molar-refractivity contribution in [3.8, 4) is 28.5 Å². The predicted octanol–water partition coefficient (Wildman–Crippen LogP) is 5.82.